The second kappa shape index (κ2) is 8.88. The van der Waals surface area contributed by atoms with Crippen LogP contribution < -0.4 is 10.6 Å². The van der Waals surface area contributed by atoms with Crippen molar-refractivity contribution in [3.63, 3.8) is 0 Å². The smallest absolute Gasteiger partial charge is 0.241 e. The van der Waals surface area contributed by atoms with Crippen molar-refractivity contribution in [1.82, 2.24) is 10.6 Å². The highest BCUT2D eigenvalue weighted by atomic mass is 32.2. The average molecular weight is 449 g/mol. The van der Waals surface area contributed by atoms with E-state index >= 15 is 0 Å². The molecule has 1 amide bonds. The van der Waals surface area contributed by atoms with E-state index in [1.165, 1.54) is 0 Å². The van der Waals surface area contributed by atoms with Crippen LogP contribution in [0.3, 0.4) is 0 Å². The first-order chi connectivity index (χ1) is 15.3. The largest absolute Gasteiger partial charge is 0.336 e. The summed E-state index contributed by atoms with van der Waals surface area (Å²) in [5.41, 5.74) is 1.88. The standard InChI is InChI=1S/C26H28N2O3S/c1-19(2)18-32(30,31)25-23(24(29)27-25)28-26(20-12-6-3-7-13-20,21-14-8-4-9-15-21)22-16-10-5-11-17-22/h3-17,19,23,25,28H,18H2,1-2H3,(H,27,29). The number of carbonyl (C=O) groups excluding carboxylic acids is 1. The zero-order chi connectivity index (χ0) is 22.8. The first-order valence-electron chi connectivity index (χ1n) is 10.8. The Morgan fingerprint density at radius 3 is 1.56 bits per heavy atom. The van der Waals surface area contributed by atoms with E-state index in [0.717, 1.165) is 16.7 Å². The van der Waals surface area contributed by atoms with Crippen LogP contribution in [0.1, 0.15) is 30.5 Å². The number of hydrogen-bond acceptors (Lipinski definition) is 4. The van der Waals surface area contributed by atoms with Crippen molar-refractivity contribution in [3.05, 3.63) is 108 Å². The molecule has 3 aromatic carbocycles. The maximum absolute atomic E-state index is 13.0. The van der Waals surface area contributed by atoms with E-state index < -0.39 is 26.8 Å². The van der Waals surface area contributed by atoms with Crippen LogP contribution in [-0.2, 0) is 20.2 Å². The molecule has 1 fully saturated rings. The molecule has 1 heterocycles. The Hall–Kier alpha value is -2.96. The second-order valence-corrected chi connectivity index (χ2v) is 10.8. The fourth-order valence-corrected chi connectivity index (χ4v) is 6.45. The van der Waals surface area contributed by atoms with Gasteiger partial charge >= 0.3 is 0 Å². The van der Waals surface area contributed by atoms with Gasteiger partial charge < -0.3 is 5.32 Å². The molecule has 0 saturated carbocycles. The van der Waals surface area contributed by atoms with Crippen LogP contribution in [0.5, 0.6) is 0 Å². The van der Waals surface area contributed by atoms with Gasteiger partial charge in [-0.25, -0.2) is 8.42 Å². The molecule has 1 aliphatic heterocycles. The first-order valence-corrected chi connectivity index (χ1v) is 12.5. The molecule has 0 aliphatic carbocycles. The molecule has 1 aliphatic rings. The molecule has 0 aromatic heterocycles. The highest BCUT2D eigenvalue weighted by Crippen LogP contribution is 2.38. The predicted molar refractivity (Wildman–Crippen MR) is 127 cm³/mol. The summed E-state index contributed by atoms with van der Waals surface area (Å²) < 4.78 is 26.0. The van der Waals surface area contributed by atoms with Gasteiger partial charge in [0.15, 0.2) is 15.2 Å². The summed E-state index contributed by atoms with van der Waals surface area (Å²) in [4.78, 5) is 12.7. The van der Waals surface area contributed by atoms with Crippen LogP contribution in [-0.4, -0.2) is 31.5 Å². The minimum Gasteiger partial charge on any atom is -0.336 e. The third-order valence-corrected chi connectivity index (χ3v) is 8.11. The molecule has 2 N–H and O–H groups in total. The second-order valence-electron chi connectivity index (χ2n) is 8.62. The number of sulfone groups is 1. The van der Waals surface area contributed by atoms with Crippen LogP contribution in [0.15, 0.2) is 91.0 Å². The number of hydrogen-bond donors (Lipinski definition) is 2. The van der Waals surface area contributed by atoms with Gasteiger partial charge in [0, 0.05) is 0 Å². The van der Waals surface area contributed by atoms with Gasteiger partial charge in [0.25, 0.3) is 0 Å². The van der Waals surface area contributed by atoms with Crippen LogP contribution in [0.2, 0.25) is 0 Å². The summed E-state index contributed by atoms with van der Waals surface area (Å²) in [7, 11) is -3.52. The Labute approximate surface area is 189 Å². The van der Waals surface area contributed by atoms with Crippen molar-refractivity contribution in [2.24, 2.45) is 5.92 Å². The zero-order valence-corrected chi connectivity index (χ0v) is 19.0. The van der Waals surface area contributed by atoms with Crippen LogP contribution >= 0.6 is 0 Å². The zero-order valence-electron chi connectivity index (χ0n) is 18.2. The normalized spacial score (nSPS) is 18.8. The monoisotopic (exact) mass is 448 g/mol. The van der Waals surface area contributed by atoms with Crippen molar-refractivity contribution < 1.29 is 13.2 Å². The molecule has 4 rings (SSSR count). The number of carbonyl (C=O) groups is 1. The van der Waals surface area contributed by atoms with Crippen molar-refractivity contribution in [2.45, 2.75) is 30.8 Å². The average Bonchev–Trinajstić information content (AvgIpc) is 2.79. The summed E-state index contributed by atoms with van der Waals surface area (Å²) in [6, 6.07) is 28.7. The van der Waals surface area contributed by atoms with Gasteiger partial charge in [0.2, 0.25) is 5.91 Å². The van der Waals surface area contributed by atoms with Gasteiger partial charge in [-0.3, -0.25) is 10.1 Å². The van der Waals surface area contributed by atoms with Crippen LogP contribution in [0, 0.1) is 5.92 Å². The summed E-state index contributed by atoms with van der Waals surface area (Å²) >= 11 is 0. The molecule has 0 bridgehead atoms. The van der Waals surface area contributed by atoms with Crippen molar-refractivity contribution in [3.8, 4) is 0 Å². The molecule has 6 heteroatoms. The molecule has 5 nitrogen and oxygen atoms in total. The number of nitrogens with one attached hydrogen (secondary N) is 2. The lowest BCUT2D eigenvalue weighted by molar-refractivity contribution is -0.130. The molecular weight excluding hydrogens is 420 g/mol. The SMILES string of the molecule is CC(C)CS(=O)(=O)C1NC(=O)C1NC(c1ccccc1)(c1ccccc1)c1ccccc1. The van der Waals surface area contributed by atoms with Gasteiger partial charge in [0.05, 0.1) is 11.3 Å². The van der Waals surface area contributed by atoms with E-state index in [2.05, 4.69) is 10.6 Å². The summed E-state index contributed by atoms with van der Waals surface area (Å²) in [5.74, 6) is -0.319. The summed E-state index contributed by atoms with van der Waals surface area (Å²) in [6.45, 7) is 3.73. The van der Waals surface area contributed by atoms with Crippen LogP contribution in [0.4, 0.5) is 0 Å². The van der Waals surface area contributed by atoms with E-state index in [-0.39, 0.29) is 17.6 Å². The Morgan fingerprint density at radius 1 is 0.812 bits per heavy atom. The van der Waals surface area contributed by atoms with Gasteiger partial charge in [-0.15, -0.1) is 0 Å². The fraction of sp³-hybridized carbons (Fsp3) is 0.269. The van der Waals surface area contributed by atoms with Gasteiger partial charge in [-0.1, -0.05) is 105 Å². The highest BCUT2D eigenvalue weighted by molar-refractivity contribution is 7.92. The van der Waals surface area contributed by atoms with E-state index in [4.69, 9.17) is 0 Å². The van der Waals surface area contributed by atoms with E-state index in [1.807, 2.05) is 105 Å². The lowest BCUT2D eigenvalue weighted by Gasteiger charge is -2.45. The molecule has 32 heavy (non-hydrogen) atoms. The van der Waals surface area contributed by atoms with Gasteiger partial charge in [0.1, 0.15) is 6.04 Å². The molecule has 2 atom stereocenters. The molecular formula is C26H28N2O3S. The predicted octanol–water partition coefficient (Wildman–Crippen LogP) is 3.46. The number of rotatable bonds is 8. The molecule has 1 saturated heterocycles. The number of β-lactam (4-membered cyclic amide) rings is 1. The molecule has 0 spiro atoms. The van der Waals surface area contributed by atoms with E-state index in [1.54, 1.807) is 0 Å². The maximum Gasteiger partial charge on any atom is 0.241 e. The Kier molecular flexibility index (Phi) is 6.17. The van der Waals surface area contributed by atoms with Crippen LogP contribution in [0.25, 0.3) is 0 Å². The van der Waals surface area contributed by atoms with Crippen molar-refractivity contribution in [1.29, 1.82) is 0 Å². The minimum absolute atomic E-state index is 0.0190. The third kappa shape index (κ3) is 4.08. The van der Waals surface area contributed by atoms with Gasteiger partial charge in [-0.05, 0) is 22.6 Å². The summed E-state index contributed by atoms with van der Waals surface area (Å²) in [6.07, 6.45) is 0. The Morgan fingerprint density at radius 2 is 1.22 bits per heavy atom. The lowest BCUT2D eigenvalue weighted by Crippen LogP contribution is -2.74. The maximum atomic E-state index is 13.0. The van der Waals surface area contributed by atoms with E-state index in [9.17, 15) is 13.2 Å². The highest BCUT2D eigenvalue weighted by Gasteiger charge is 2.52. The topological polar surface area (TPSA) is 75.3 Å². The first kappa shape index (κ1) is 22.2. The molecule has 2 unspecified atom stereocenters. The molecule has 166 valence electrons. The fourth-order valence-electron chi connectivity index (χ4n) is 4.41. The lowest BCUT2D eigenvalue weighted by atomic mass is 9.76. The third-order valence-electron chi connectivity index (χ3n) is 5.81. The number of amides is 1. The Bertz CT molecular complexity index is 1070. The summed E-state index contributed by atoms with van der Waals surface area (Å²) in [5, 5.41) is 5.17. The Balaban J connectivity index is 1.88. The minimum atomic E-state index is -3.52. The number of benzene rings is 3. The van der Waals surface area contributed by atoms with Crippen molar-refractivity contribution >= 4 is 15.7 Å². The quantitative estimate of drug-likeness (QED) is 0.409. The van der Waals surface area contributed by atoms with Gasteiger partial charge in [-0.2, -0.15) is 0 Å². The van der Waals surface area contributed by atoms with E-state index in [0.29, 0.717) is 0 Å². The van der Waals surface area contributed by atoms with Crippen molar-refractivity contribution in [2.75, 3.05) is 5.75 Å². The molecule has 3 aromatic rings. The molecule has 0 radical (unpaired) electrons.